The Morgan fingerprint density at radius 1 is 1.42 bits per heavy atom. The Bertz CT molecular complexity index is 402. The molecular weight excluding hydrogens is 174 g/mol. The average Bonchev–Trinajstić information content (AvgIpc) is 2.46. The van der Waals surface area contributed by atoms with Crippen molar-refractivity contribution in [1.82, 2.24) is 4.40 Å². The van der Waals surface area contributed by atoms with Crippen molar-refractivity contribution < 1.29 is 8.76 Å². The number of aromatic nitrogens is 1. The molecule has 2 heterocycles. The van der Waals surface area contributed by atoms with E-state index in [9.17, 15) is 8.76 Å². The number of hydrogen-bond acceptors (Lipinski definition) is 2. The van der Waals surface area contributed by atoms with Crippen LogP contribution in [-0.2, 0) is 11.1 Å². The zero-order valence-electron chi connectivity index (χ0n) is 6.14. The van der Waals surface area contributed by atoms with E-state index in [2.05, 4.69) is 0 Å². The van der Waals surface area contributed by atoms with Gasteiger partial charge in [0.1, 0.15) is 0 Å². The lowest BCUT2D eigenvalue weighted by molar-refractivity contribution is 0.537. The molecule has 62 valence electrons. The predicted molar refractivity (Wildman–Crippen MR) is 44.6 cm³/mol. The van der Waals surface area contributed by atoms with Crippen LogP contribution in [0.25, 0.3) is 5.52 Å². The van der Waals surface area contributed by atoms with Crippen LogP contribution in [0.3, 0.4) is 0 Å². The summed E-state index contributed by atoms with van der Waals surface area (Å²) in [6.45, 7) is 0. The fourth-order valence-electron chi connectivity index (χ4n) is 1.12. The molecule has 0 amide bonds. The van der Waals surface area contributed by atoms with E-state index in [1.807, 2.05) is 24.4 Å². The number of hydrogen-bond donors (Lipinski definition) is 0. The molecule has 3 nitrogen and oxygen atoms in total. The number of nitrogens with zero attached hydrogens (tertiary/aromatic N) is 1. The highest BCUT2D eigenvalue weighted by atomic mass is 32.2. The van der Waals surface area contributed by atoms with Crippen LogP contribution in [0.2, 0.25) is 0 Å². The molecule has 0 saturated carbocycles. The summed E-state index contributed by atoms with van der Waals surface area (Å²) >= 11 is -2.13. The first kappa shape index (κ1) is 7.52. The fraction of sp³-hybridized carbons (Fsp3) is 0. The Kier molecular flexibility index (Phi) is 1.71. The number of rotatable bonds is 1. The maximum Gasteiger partial charge on any atom is 0.0462 e. The minimum absolute atomic E-state index is 0.321. The molecule has 0 N–H and O–H groups in total. The SMILES string of the molecule is O=S([O-])c1cc2ccccn2c1. The van der Waals surface area contributed by atoms with Gasteiger partial charge in [-0.3, -0.25) is 4.21 Å². The molecule has 1 atom stereocenters. The van der Waals surface area contributed by atoms with Gasteiger partial charge in [-0.2, -0.15) is 0 Å². The van der Waals surface area contributed by atoms with Crippen molar-refractivity contribution in [2.45, 2.75) is 4.90 Å². The largest absolute Gasteiger partial charge is 0.768 e. The van der Waals surface area contributed by atoms with Crippen molar-refractivity contribution in [3.05, 3.63) is 36.7 Å². The number of fused-ring (bicyclic) bond motifs is 1. The number of pyridine rings is 1. The van der Waals surface area contributed by atoms with Gasteiger partial charge in [0.15, 0.2) is 0 Å². The molecule has 4 heteroatoms. The summed E-state index contributed by atoms with van der Waals surface area (Å²) in [7, 11) is 0. The van der Waals surface area contributed by atoms with Crippen molar-refractivity contribution >= 4 is 16.6 Å². The third kappa shape index (κ3) is 1.15. The van der Waals surface area contributed by atoms with E-state index in [0.717, 1.165) is 5.52 Å². The van der Waals surface area contributed by atoms with Gasteiger partial charge in [-0.25, -0.2) is 0 Å². The van der Waals surface area contributed by atoms with Crippen LogP contribution in [0.15, 0.2) is 41.6 Å². The van der Waals surface area contributed by atoms with E-state index < -0.39 is 11.1 Å². The molecule has 0 spiro atoms. The van der Waals surface area contributed by atoms with Crippen molar-refractivity contribution in [1.29, 1.82) is 0 Å². The molecule has 1 unspecified atom stereocenters. The molecule has 0 aliphatic rings. The molecule has 0 bridgehead atoms. The highest BCUT2D eigenvalue weighted by Crippen LogP contribution is 2.11. The predicted octanol–water partition coefficient (Wildman–Crippen LogP) is 1.18. The Hall–Kier alpha value is -1.13. The van der Waals surface area contributed by atoms with Gasteiger partial charge in [0.05, 0.1) is 0 Å². The first-order valence-corrected chi connectivity index (χ1v) is 4.51. The second kappa shape index (κ2) is 2.73. The zero-order valence-corrected chi connectivity index (χ0v) is 6.95. The average molecular weight is 180 g/mol. The van der Waals surface area contributed by atoms with E-state index in [0.29, 0.717) is 4.90 Å². The molecule has 0 aliphatic carbocycles. The van der Waals surface area contributed by atoms with Crippen LogP contribution in [-0.4, -0.2) is 13.2 Å². The smallest absolute Gasteiger partial charge is 0.0462 e. The minimum Gasteiger partial charge on any atom is -0.768 e. The van der Waals surface area contributed by atoms with E-state index >= 15 is 0 Å². The lowest BCUT2D eigenvalue weighted by atomic mass is 10.4. The summed E-state index contributed by atoms with van der Waals surface area (Å²) in [5.74, 6) is 0. The van der Waals surface area contributed by atoms with Gasteiger partial charge in [0, 0.05) is 22.8 Å². The van der Waals surface area contributed by atoms with Crippen LogP contribution in [0.1, 0.15) is 0 Å². The normalized spacial score (nSPS) is 13.4. The zero-order chi connectivity index (χ0) is 8.55. The Morgan fingerprint density at radius 2 is 2.25 bits per heavy atom. The van der Waals surface area contributed by atoms with Gasteiger partial charge in [-0.1, -0.05) is 6.07 Å². The van der Waals surface area contributed by atoms with Gasteiger partial charge in [0.25, 0.3) is 0 Å². The molecular formula is C8H6NO2S-. The molecule has 0 saturated heterocycles. The third-order valence-electron chi connectivity index (χ3n) is 1.67. The summed E-state index contributed by atoms with van der Waals surface area (Å²) in [5.41, 5.74) is 0.886. The van der Waals surface area contributed by atoms with Crippen LogP contribution >= 0.6 is 0 Å². The lowest BCUT2D eigenvalue weighted by Crippen LogP contribution is -1.83. The molecule has 2 aromatic rings. The van der Waals surface area contributed by atoms with Crippen molar-refractivity contribution in [2.75, 3.05) is 0 Å². The molecule has 0 radical (unpaired) electrons. The standard InChI is InChI=1S/C8H7NO2S/c10-12(11)8-5-7-3-1-2-4-9(7)6-8/h1-6H,(H,10,11)/p-1. The maximum absolute atomic E-state index is 10.6. The van der Waals surface area contributed by atoms with Crippen LogP contribution in [0.4, 0.5) is 0 Å². The van der Waals surface area contributed by atoms with E-state index in [1.165, 1.54) is 0 Å². The molecule has 0 aromatic carbocycles. The quantitative estimate of drug-likeness (QED) is 0.618. The second-order valence-electron chi connectivity index (χ2n) is 2.44. The van der Waals surface area contributed by atoms with E-state index in [-0.39, 0.29) is 0 Å². The molecule has 0 aliphatic heterocycles. The molecule has 2 rings (SSSR count). The second-order valence-corrected chi connectivity index (χ2v) is 3.38. The lowest BCUT2D eigenvalue weighted by Gasteiger charge is -1.97. The fourth-order valence-corrected chi connectivity index (χ4v) is 1.54. The monoisotopic (exact) mass is 180 g/mol. The molecule has 12 heavy (non-hydrogen) atoms. The molecule has 0 fully saturated rings. The third-order valence-corrected chi connectivity index (χ3v) is 2.28. The van der Waals surface area contributed by atoms with E-state index in [4.69, 9.17) is 0 Å². The summed E-state index contributed by atoms with van der Waals surface area (Å²) < 4.78 is 22.9. The van der Waals surface area contributed by atoms with Gasteiger partial charge in [-0.05, 0) is 29.3 Å². The van der Waals surface area contributed by atoms with Crippen molar-refractivity contribution in [3.63, 3.8) is 0 Å². The summed E-state index contributed by atoms with van der Waals surface area (Å²) in [5, 5.41) is 0. The van der Waals surface area contributed by atoms with Crippen molar-refractivity contribution in [2.24, 2.45) is 0 Å². The van der Waals surface area contributed by atoms with E-state index in [1.54, 1.807) is 16.7 Å². The Labute approximate surface area is 71.9 Å². The van der Waals surface area contributed by atoms with Gasteiger partial charge in [0.2, 0.25) is 0 Å². The Balaban J connectivity index is 2.70. The minimum atomic E-state index is -2.13. The van der Waals surface area contributed by atoms with Crippen LogP contribution in [0.5, 0.6) is 0 Å². The summed E-state index contributed by atoms with van der Waals surface area (Å²) in [4.78, 5) is 0.321. The van der Waals surface area contributed by atoms with Crippen LogP contribution in [0, 0.1) is 0 Å². The van der Waals surface area contributed by atoms with Crippen LogP contribution < -0.4 is 0 Å². The van der Waals surface area contributed by atoms with Crippen molar-refractivity contribution in [3.8, 4) is 0 Å². The summed E-state index contributed by atoms with van der Waals surface area (Å²) in [6.07, 6.45) is 3.39. The highest BCUT2D eigenvalue weighted by Gasteiger charge is 1.96. The summed E-state index contributed by atoms with van der Waals surface area (Å²) in [6, 6.07) is 7.21. The first-order valence-electron chi connectivity index (χ1n) is 3.43. The Morgan fingerprint density at radius 3 is 2.92 bits per heavy atom. The first-order chi connectivity index (χ1) is 5.77. The van der Waals surface area contributed by atoms with Gasteiger partial charge < -0.3 is 8.95 Å². The highest BCUT2D eigenvalue weighted by molar-refractivity contribution is 7.79. The molecule has 2 aromatic heterocycles. The topological polar surface area (TPSA) is 44.5 Å². The van der Waals surface area contributed by atoms with Gasteiger partial charge >= 0.3 is 0 Å². The maximum atomic E-state index is 10.6. The van der Waals surface area contributed by atoms with Gasteiger partial charge in [-0.15, -0.1) is 0 Å².